The second-order valence-electron chi connectivity index (χ2n) is 7.54. The van der Waals surface area contributed by atoms with Gasteiger partial charge in [0.1, 0.15) is 24.8 Å². The number of hydrogen-bond acceptors (Lipinski definition) is 8. The molecule has 29 heavy (non-hydrogen) atoms. The Hall–Kier alpha value is -3.43. The number of rotatable bonds is 5. The summed E-state index contributed by atoms with van der Waals surface area (Å²) in [7, 11) is 0. The number of fused-ring (bicyclic) bond motifs is 1. The fourth-order valence-electron chi connectivity index (χ4n) is 4.12. The Morgan fingerprint density at radius 3 is 2.62 bits per heavy atom. The Labute approximate surface area is 165 Å². The molecule has 0 aliphatic carbocycles. The maximum atomic E-state index is 12.8. The molecule has 2 fully saturated rings. The first-order valence-corrected chi connectivity index (χ1v) is 9.00. The predicted molar refractivity (Wildman–Crippen MR) is 95.2 cm³/mol. The van der Waals surface area contributed by atoms with Crippen molar-refractivity contribution in [2.45, 2.75) is 38.5 Å². The van der Waals surface area contributed by atoms with Crippen molar-refractivity contribution < 1.29 is 33.5 Å². The van der Waals surface area contributed by atoms with Crippen molar-refractivity contribution in [3.8, 4) is 0 Å². The topological polar surface area (TPSA) is 125 Å². The fourth-order valence-corrected chi connectivity index (χ4v) is 4.12. The van der Waals surface area contributed by atoms with E-state index in [0.29, 0.717) is 17.6 Å². The van der Waals surface area contributed by atoms with Crippen LogP contribution in [0.2, 0.25) is 0 Å². The lowest BCUT2D eigenvalue weighted by atomic mass is 9.75. The van der Waals surface area contributed by atoms with Gasteiger partial charge in [-0.2, -0.15) is 0 Å². The third kappa shape index (κ3) is 3.00. The number of ether oxygens (including phenoxy) is 3. The van der Waals surface area contributed by atoms with Gasteiger partial charge in [0, 0.05) is 12.1 Å². The largest absolute Gasteiger partial charge is 0.509 e. The van der Waals surface area contributed by atoms with Gasteiger partial charge in [-0.15, -0.1) is 0 Å². The van der Waals surface area contributed by atoms with E-state index in [4.69, 9.17) is 14.2 Å². The number of benzene rings is 1. The highest BCUT2D eigenvalue weighted by Crippen LogP contribution is 2.48. The molecule has 4 rings (SSSR count). The van der Waals surface area contributed by atoms with Gasteiger partial charge in [-0.25, -0.2) is 9.59 Å². The van der Waals surface area contributed by atoms with Crippen molar-refractivity contribution >= 4 is 23.7 Å². The van der Waals surface area contributed by atoms with Gasteiger partial charge >= 0.3 is 12.1 Å². The minimum Gasteiger partial charge on any atom is -0.456 e. The molecule has 3 atom stereocenters. The van der Waals surface area contributed by atoms with Crippen molar-refractivity contribution in [3.05, 3.63) is 51.2 Å². The Balaban J connectivity index is 1.42. The lowest BCUT2D eigenvalue weighted by Crippen LogP contribution is -2.66. The van der Waals surface area contributed by atoms with Gasteiger partial charge in [-0.05, 0) is 43.5 Å². The molecule has 0 radical (unpaired) electrons. The van der Waals surface area contributed by atoms with Gasteiger partial charge < -0.3 is 19.1 Å². The number of cyclic esters (lactones) is 2. The molecule has 3 unspecified atom stereocenters. The maximum Gasteiger partial charge on any atom is 0.509 e. The molecule has 0 saturated carbocycles. The summed E-state index contributed by atoms with van der Waals surface area (Å²) in [6.45, 7) is 3.32. The van der Waals surface area contributed by atoms with E-state index < -0.39 is 28.6 Å². The van der Waals surface area contributed by atoms with Gasteiger partial charge in [-0.3, -0.25) is 14.9 Å². The van der Waals surface area contributed by atoms with Crippen molar-refractivity contribution in [2.24, 2.45) is 5.92 Å². The fraction of sp³-hybridized carbons (Fsp3) is 0.421. The summed E-state index contributed by atoms with van der Waals surface area (Å²) in [5.74, 6) is -1.53. The Morgan fingerprint density at radius 2 is 2.03 bits per heavy atom. The lowest BCUT2D eigenvalue weighted by Gasteiger charge is -2.48. The van der Waals surface area contributed by atoms with E-state index in [-0.39, 0.29) is 36.5 Å². The van der Waals surface area contributed by atoms with E-state index in [1.807, 2.05) is 0 Å². The summed E-state index contributed by atoms with van der Waals surface area (Å²) in [6.07, 6.45) is -0.324. The molecule has 0 aromatic heterocycles. The highest BCUT2D eigenvalue weighted by molar-refractivity contribution is 6.00. The molecule has 0 N–H and O–H groups in total. The number of nitro groups is 1. The third-order valence-electron chi connectivity index (χ3n) is 5.54. The normalized spacial score (nSPS) is 27.9. The van der Waals surface area contributed by atoms with Crippen LogP contribution in [0.15, 0.2) is 35.5 Å². The SMILES string of the molecule is CC1=C(C(=O)OCc2ccc([N+](=O)[O-])cc2)N2C(=O)C(C3(C)COC(=O)O3)C2C1. The van der Waals surface area contributed by atoms with Crippen LogP contribution in [0.25, 0.3) is 0 Å². The van der Waals surface area contributed by atoms with E-state index in [1.165, 1.54) is 29.2 Å². The van der Waals surface area contributed by atoms with Crippen molar-refractivity contribution in [1.29, 1.82) is 0 Å². The molecular weight excluding hydrogens is 384 g/mol. The first-order chi connectivity index (χ1) is 13.7. The first-order valence-electron chi connectivity index (χ1n) is 9.00. The molecule has 1 aromatic carbocycles. The molecule has 10 nitrogen and oxygen atoms in total. The Bertz CT molecular complexity index is 953. The minimum absolute atomic E-state index is 0.00838. The van der Waals surface area contributed by atoms with Gasteiger partial charge in [-0.1, -0.05) is 0 Å². The number of nitro benzene ring substituents is 1. The van der Waals surface area contributed by atoms with Crippen LogP contribution in [0.3, 0.4) is 0 Å². The van der Waals surface area contributed by atoms with Crippen LogP contribution in [0.4, 0.5) is 10.5 Å². The Morgan fingerprint density at radius 1 is 1.34 bits per heavy atom. The minimum atomic E-state index is -1.05. The number of non-ortho nitro benzene ring substituents is 1. The standard InChI is InChI=1S/C19H18N2O8/c1-10-7-13-14(19(2)9-28-18(24)29-19)16(22)20(13)15(10)17(23)27-8-11-3-5-12(6-4-11)21(25)26/h3-6,13-14H,7-9H2,1-2H3. The average Bonchev–Trinajstić information content (AvgIpc) is 3.16. The van der Waals surface area contributed by atoms with Crippen LogP contribution < -0.4 is 0 Å². The smallest absolute Gasteiger partial charge is 0.456 e. The number of β-lactam (4-membered cyclic amide) rings is 1. The molecule has 1 amide bonds. The van der Waals surface area contributed by atoms with Gasteiger partial charge in [0.15, 0.2) is 5.60 Å². The van der Waals surface area contributed by atoms with E-state index in [2.05, 4.69) is 0 Å². The zero-order chi connectivity index (χ0) is 20.9. The summed E-state index contributed by atoms with van der Waals surface area (Å²) in [6, 6.07) is 5.38. The summed E-state index contributed by atoms with van der Waals surface area (Å²) < 4.78 is 15.4. The number of nitrogens with zero attached hydrogens (tertiary/aromatic N) is 2. The van der Waals surface area contributed by atoms with E-state index >= 15 is 0 Å². The van der Waals surface area contributed by atoms with Crippen molar-refractivity contribution in [2.75, 3.05) is 6.61 Å². The number of carbonyl (C=O) groups excluding carboxylic acids is 3. The molecule has 0 bridgehead atoms. The number of hydrogen-bond donors (Lipinski definition) is 0. The molecule has 3 aliphatic heterocycles. The first kappa shape index (κ1) is 18.9. The monoisotopic (exact) mass is 402 g/mol. The number of amides is 1. The number of esters is 1. The van der Waals surface area contributed by atoms with Gasteiger partial charge in [0.25, 0.3) is 5.69 Å². The molecule has 152 valence electrons. The van der Waals surface area contributed by atoms with Crippen molar-refractivity contribution in [1.82, 2.24) is 4.90 Å². The summed E-state index contributed by atoms with van der Waals surface area (Å²) in [5.41, 5.74) is 0.403. The highest BCUT2D eigenvalue weighted by Gasteiger charge is 2.64. The molecule has 10 heteroatoms. The van der Waals surface area contributed by atoms with E-state index in [9.17, 15) is 24.5 Å². The summed E-state index contributed by atoms with van der Waals surface area (Å²) in [5, 5.41) is 10.7. The van der Waals surface area contributed by atoms with Crippen LogP contribution in [0.5, 0.6) is 0 Å². The second-order valence-corrected chi connectivity index (χ2v) is 7.54. The molecule has 0 spiro atoms. The van der Waals surface area contributed by atoms with Crippen molar-refractivity contribution in [3.63, 3.8) is 0 Å². The van der Waals surface area contributed by atoms with Crippen LogP contribution in [-0.4, -0.2) is 46.1 Å². The van der Waals surface area contributed by atoms with Gasteiger partial charge in [0.05, 0.1) is 11.0 Å². The van der Waals surface area contributed by atoms with Crippen LogP contribution >= 0.6 is 0 Å². The summed E-state index contributed by atoms with van der Waals surface area (Å²) >= 11 is 0. The van der Waals surface area contributed by atoms with Crippen LogP contribution in [0, 0.1) is 16.0 Å². The average molecular weight is 402 g/mol. The Kier molecular flexibility index (Phi) is 4.29. The zero-order valence-corrected chi connectivity index (χ0v) is 15.7. The predicted octanol–water partition coefficient (Wildman–Crippen LogP) is 2.07. The van der Waals surface area contributed by atoms with Crippen LogP contribution in [0.1, 0.15) is 25.8 Å². The highest BCUT2D eigenvalue weighted by atomic mass is 16.8. The molecule has 3 heterocycles. The van der Waals surface area contributed by atoms with E-state index in [0.717, 1.165) is 0 Å². The quantitative estimate of drug-likeness (QED) is 0.317. The van der Waals surface area contributed by atoms with Crippen LogP contribution in [-0.2, 0) is 30.4 Å². The zero-order valence-electron chi connectivity index (χ0n) is 15.7. The second kappa shape index (κ2) is 6.57. The maximum absolute atomic E-state index is 12.8. The third-order valence-corrected chi connectivity index (χ3v) is 5.54. The molecule has 2 saturated heterocycles. The summed E-state index contributed by atoms with van der Waals surface area (Å²) in [4.78, 5) is 48.3. The molecule has 3 aliphatic rings. The molecule has 1 aromatic rings. The van der Waals surface area contributed by atoms with Gasteiger partial charge in [0.2, 0.25) is 5.91 Å². The molecular formula is C19H18N2O8. The number of carbonyl (C=O) groups is 3. The lowest BCUT2D eigenvalue weighted by molar-refractivity contribution is -0.384. The van der Waals surface area contributed by atoms with E-state index in [1.54, 1.807) is 13.8 Å².